The molecule has 2 aliphatic rings. The van der Waals surface area contributed by atoms with Gasteiger partial charge in [0.05, 0.1) is 32.0 Å². The second kappa shape index (κ2) is 11.6. The van der Waals surface area contributed by atoms with Gasteiger partial charge in [0, 0.05) is 37.8 Å². The van der Waals surface area contributed by atoms with Crippen molar-refractivity contribution in [2.45, 2.75) is 50.9 Å². The zero-order valence-corrected chi connectivity index (χ0v) is 18.2. The van der Waals surface area contributed by atoms with Crippen LogP contribution in [0.4, 0.5) is 0 Å². The molecule has 0 radical (unpaired) electrons. The van der Waals surface area contributed by atoms with Gasteiger partial charge in [-0.3, -0.25) is 9.69 Å². The summed E-state index contributed by atoms with van der Waals surface area (Å²) >= 11 is 0. The van der Waals surface area contributed by atoms with Crippen LogP contribution in [0.2, 0.25) is 0 Å². The first-order chi connectivity index (χ1) is 14.6. The Labute approximate surface area is 180 Å². The van der Waals surface area contributed by atoms with Crippen LogP contribution in [-0.2, 0) is 9.47 Å². The highest BCUT2D eigenvalue weighted by atomic mass is 16.5. The second-order valence-electron chi connectivity index (χ2n) is 8.49. The predicted octanol–water partition coefficient (Wildman–Crippen LogP) is 2.64. The molecule has 1 aliphatic carbocycles. The van der Waals surface area contributed by atoms with Crippen LogP contribution < -0.4 is 0 Å². The van der Waals surface area contributed by atoms with Crippen LogP contribution in [0.15, 0.2) is 36.9 Å². The first-order valence-electron chi connectivity index (χ1n) is 11.1. The molecule has 2 unspecified atom stereocenters. The Morgan fingerprint density at radius 2 is 2.10 bits per heavy atom. The lowest BCUT2D eigenvalue weighted by atomic mass is 10.1. The minimum atomic E-state index is -0.538. The second-order valence-corrected chi connectivity index (χ2v) is 8.49. The number of morpholine rings is 1. The van der Waals surface area contributed by atoms with E-state index in [0.29, 0.717) is 39.5 Å². The molecule has 1 aromatic carbocycles. The van der Waals surface area contributed by atoms with Gasteiger partial charge in [-0.05, 0) is 31.9 Å². The zero-order chi connectivity index (χ0) is 21.3. The number of aliphatic hydroxyl groups is 1. The minimum absolute atomic E-state index is 0.0463. The minimum Gasteiger partial charge on any atom is -0.389 e. The van der Waals surface area contributed by atoms with Gasteiger partial charge in [0.25, 0.3) is 5.91 Å². The van der Waals surface area contributed by atoms with Crippen molar-refractivity contribution >= 4 is 5.91 Å². The lowest BCUT2D eigenvalue weighted by Gasteiger charge is -2.38. The number of hydrogen-bond donors (Lipinski definition) is 1. The van der Waals surface area contributed by atoms with E-state index in [1.807, 2.05) is 36.1 Å². The Bertz CT molecular complexity index is 672. The molecule has 1 saturated heterocycles. The lowest BCUT2D eigenvalue weighted by Crippen LogP contribution is -2.52. The summed E-state index contributed by atoms with van der Waals surface area (Å²) in [6.45, 7) is 9.64. The van der Waals surface area contributed by atoms with E-state index in [4.69, 9.17) is 9.47 Å². The third kappa shape index (κ3) is 6.64. The van der Waals surface area contributed by atoms with E-state index in [1.54, 1.807) is 6.08 Å². The highest BCUT2D eigenvalue weighted by molar-refractivity contribution is 5.94. The van der Waals surface area contributed by atoms with E-state index >= 15 is 0 Å². The lowest BCUT2D eigenvalue weighted by molar-refractivity contribution is -0.0603. The molecule has 30 heavy (non-hydrogen) atoms. The molecule has 1 heterocycles. The normalized spacial score (nSPS) is 21.5. The van der Waals surface area contributed by atoms with Gasteiger partial charge in [-0.2, -0.15) is 0 Å². The fraction of sp³-hybridized carbons (Fsp3) is 0.625. The molecule has 1 aliphatic heterocycles. The van der Waals surface area contributed by atoms with Crippen molar-refractivity contribution in [3.05, 3.63) is 48.0 Å². The molecule has 0 spiro atoms. The van der Waals surface area contributed by atoms with Gasteiger partial charge < -0.3 is 19.5 Å². The van der Waals surface area contributed by atoms with Gasteiger partial charge in [0.2, 0.25) is 0 Å². The summed E-state index contributed by atoms with van der Waals surface area (Å²) in [4.78, 5) is 17.6. The van der Waals surface area contributed by atoms with Gasteiger partial charge in [0.15, 0.2) is 0 Å². The Balaban J connectivity index is 1.60. The van der Waals surface area contributed by atoms with Crippen LogP contribution in [0.3, 0.4) is 0 Å². The van der Waals surface area contributed by atoms with Gasteiger partial charge in [-0.1, -0.05) is 36.6 Å². The van der Waals surface area contributed by atoms with E-state index in [0.717, 1.165) is 30.5 Å². The van der Waals surface area contributed by atoms with Crippen molar-refractivity contribution in [3.8, 4) is 0 Å². The van der Waals surface area contributed by atoms with Crippen LogP contribution in [0.25, 0.3) is 0 Å². The van der Waals surface area contributed by atoms with Crippen molar-refractivity contribution in [3.63, 3.8) is 0 Å². The van der Waals surface area contributed by atoms with Gasteiger partial charge in [0.1, 0.15) is 0 Å². The maximum Gasteiger partial charge on any atom is 0.254 e. The van der Waals surface area contributed by atoms with E-state index in [2.05, 4.69) is 11.5 Å². The van der Waals surface area contributed by atoms with Crippen molar-refractivity contribution in [1.82, 2.24) is 9.80 Å². The molecule has 0 aromatic heterocycles. The summed E-state index contributed by atoms with van der Waals surface area (Å²) in [6.07, 6.45) is 5.58. The molecule has 1 aromatic rings. The monoisotopic (exact) mass is 416 g/mol. The average Bonchev–Trinajstić information content (AvgIpc) is 3.27. The number of carbonyl (C=O) groups excluding carboxylic acids is 1. The summed E-state index contributed by atoms with van der Waals surface area (Å²) in [5.74, 6) is 0.0977. The topological polar surface area (TPSA) is 62.2 Å². The standard InChI is InChI=1S/C24H36N2O4/c1-3-13-29-18-22(27)15-25-12-14-30-23(16-25)17-26(21-6-4-5-7-21)24(28)20-10-8-19(2)9-11-20/h3,8-11,21-23,27H,1,4-7,12-18H2,2H3. The fourth-order valence-electron chi connectivity index (χ4n) is 4.39. The fourth-order valence-corrected chi connectivity index (χ4v) is 4.39. The first kappa shape index (κ1) is 22.9. The molecule has 2 fully saturated rings. The molecular formula is C24H36N2O4. The van der Waals surface area contributed by atoms with E-state index < -0.39 is 6.10 Å². The first-order valence-corrected chi connectivity index (χ1v) is 11.1. The zero-order valence-electron chi connectivity index (χ0n) is 18.2. The molecule has 0 bridgehead atoms. The Morgan fingerprint density at radius 3 is 2.80 bits per heavy atom. The number of β-amino-alcohol motifs (C(OH)–C–C–N with tert-alkyl or cyclic N) is 1. The largest absolute Gasteiger partial charge is 0.389 e. The molecule has 3 rings (SSSR count). The Kier molecular flexibility index (Phi) is 8.88. The SMILES string of the molecule is C=CCOCC(O)CN1CCOC(CN(C(=O)c2ccc(C)cc2)C2CCCC2)C1. The number of amides is 1. The highest BCUT2D eigenvalue weighted by Gasteiger charge is 2.32. The van der Waals surface area contributed by atoms with Crippen molar-refractivity contribution in [2.24, 2.45) is 0 Å². The average molecular weight is 417 g/mol. The third-order valence-electron chi connectivity index (χ3n) is 5.96. The number of rotatable bonds is 10. The molecular weight excluding hydrogens is 380 g/mol. The molecule has 1 N–H and O–H groups in total. The number of aryl methyl sites for hydroxylation is 1. The number of benzene rings is 1. The summed E-state index contributed by atoms with van der Waals surface area (Å²) < 4.78 is 11.4. The molecule has 6 nitrogen and oxygen atoms in total. The Hall–Kier alpha value is -1.73. The van der Waals surface area contributed by atoms with Crippen LogP contribution in [0.1, 0.15) is 41.6 Å². The number of hydrogen-bond acceptors (Lipinski definition) is 5. The maximum absolute atomic E-state index is 13.3. The molecule has 1 saturated carbocycles. The number of carbonyl (C=O) groups is 1. The number of ether oxygens (including phenoxy) is 2. The predicted molar refractivity (Wildman–Crippen MR) is 118 cm³/mol. The van der Waals surface area contributed by atoms with E-state index in [-0.39, 0.29) is 18.1 Å². The van der Waals surface area contributed by atoms with Crippen molar-refractivity contribution in [2.75, 3.05) is 46.0 Å². The van der Waals surface area contributed by atoms with Crippen LogP contribution >= 0.6 is 0 Å². The van der Waals surface area contributed by atoms with Crippen molar-refractivity contribution < 1.29 is 19.4 Å². The van der Waals surface area contributed by atoms with Gasteiger partial charge in [-0.15, -0.1) is 6.58 Å². The quantitative estimate of drug-likeness (QED) is 0.469. The Morgan fingerprint density at radius 1 is 1.37 bits per heavy atom. The number of nitrogens with zero attached hydrogens (tertiary/aromatic N) is 2. The van der Waals surface area contributed by atoms with Crippen LogP contribution in [0.5, 0.6) is 0 Å². The highest BCUT2D eigenvalue weighted by Crippen LogP contribution is 2.26. The summed E-state index contributed by atoms with van der Waals surface area (Å²) in [7, 11) is 0. The molecule has 1 amide bonds. The molecule has 2 atom stereocenters. The van der Waals surface area contributed by atoms with Gasteiger partial charge >= 0.3 is 0 Å². The summed E-state index contributed by atoms with van der Waals surface area (Å²) in [5, 5.41) is 10.2. The van der Waals surface area contributed by atoms with Crippen LogP contribution in [0, 0.1) is 6.92 Å². The van der Waals surface area contributed by atoms with Gasteiger partial charge in [-0.25, -0.2) is 0 Å². The van der Waals surface area contributed by atoms with E-state index in [1.165, 1.54) is 12.8 Å². The molecule has 166 valence electrons. The molecule has 6 heteroatoms. The van der Waals surface area contributed by atoms with Crippen LogP contribution in [-0.4, -0.2) is 85.1 Å². The third-order valence-corrected chi connectivity index (χ3v) is 5.96. The van der Waals surface area contributed by atoms with E-state index in [9.17, 15) is 9.90 Å². The summed E-state index contributed by atoms with van der Waals surface area (Å²) in [6, 6.07) is 8.12. The number of aliphatic hydroxyl groups excluding tert-OH is 1. The van der Waals surface area contributed by atoms with Crippen molar-refractivity contribution in [1.29, 1.82) is 0 Å². The maximum atomic E-state index is 13.3. The summed E-state index contributed by atoms with van der Waals surface area (Å²) in [5.41, 5.74) is 1.90. The smallest absolute Gasteiger partial charge is 0.254 e.